The first kappa shape index (κ1) is 8.27. The van der Waals surface area contributed by atoms with E-state index in [1.165, 1.54) is 0 Å². The van der Waals surface area contributed by atoms with Gasteiger partial charge in [0.1, 0.15) is 0 Å². The largest absolute Gasteiger partial charge is 0.341 e. The summed E-state index contributed by atoms with van der Waals surface area (Å²) >= 11 is 0. The number of nitrogens with one attached hydrogen (secondary N) is 2. The fourth-order valence-corrected chi connectivity index (χ4v) is 0.392. The predicted octanol–water partition coefficient (Wildman–Crippen LogP) is 0.407. The average molecular weight is 128 g/mol. The maximum atomic E-state index is 10.4. The Morgan fingerprint density at radius 1 is 1.67 bits per heavy atom. The Balaban J connectivity index is 2.97. The Morgan fingerprint density at radius 3 is 2.78 bits per heavy atom. The molecule has 0 spiro atoms. The van der Waals surface area contributed by atoms with Crippen LogP contribution in [0.25, 0.3) is 0 Å². The maximum absolute atomic E-state index is 10.4. The summed E-state index contributed by atoms with van der Waals surface area (Å²) < 4.78 is 0. The van der Waals surface area contributed by atoms with E-state index in [4.69, 9.17) is 6.92 Å². The van der Waals surface area contributed by atoms with Crippen LogP contribution in [-0.4, -0.2) is 19.6 Å². The minimum atomic E-state index is -0.150. The monoisotopic (exact) mass is 128 g/mol. The molecule has 0 rings (SSSR count). The lowest BCUT2D eigenvalue weighted by Crippen LogP contribution is -2.33. The molecule has 0 aliphatic carbocycles. The molecule has 0 bridgehead atoms. The molecule has 2 amide bonds. The van der Waals surface area contributed by atoms with Gasteiger partial charge in [-0.25, -0.2) is 4.79 Å². The highest BCUT2D eigenvalue weighted by Gasteiger charge is 1.90. The molecule has 9 heavy (non-hydrogen) atoms. The second-order valence-corrected chi connectivity index (χ2v) is 1.65. The van der Waals surface area contributed by atoms with Crippen molar-refractivity contribution in [1.82, 2.24) is 10.6 Å². The second kappa shape index (κ2) is 5.41. The zero-order chi connectivity index (χ0) is 7.11. The van der Waals surface area contributed by atoms with Gasteiger partial charge in [0.15, 0.2) is 0 Å². The fourth-order valence-electron chi connectivity index (χ4n) is 0.392. The molecule has 0 aromatic carbocycles. The van der Waals surface area contributed by atoms with Gasteiger partial charge in [0, 0.05) is 13.6 Å². The van der Waals surface area contributed by atoms with Gasteiger partial charge in [0.05, 0.1) is 0 Å². The molecule has 0 aromatic heterocycles. The summed E-state index contributed by atoms with van der Waals surface area (Å²) in [5.41, 5.74) is 0. The Labute approximate surface area is 55.8 Å². The molecular formula is C6H12N2O. The van der Waals surface area contributed by atoms with E-state index >= 15 is 0 Å². The van der Waals surface area contributed by atoms with Crippen LogP contribution >= 0.6 is 0 Å². The SMILES string of the molecule is [CH]CCCNC(=O)NC. The van der Waals surface area contributed by atoms with Crippen molar-refractivity contribution < 1.29 is 4.79 Å². The Morgan fingerprint density at radius 2 is 2.33 bits per heavy atom. The standard InChI is InChI=1S/C6H12N2O/c1-3-4-5-8-6(9)7-2/h1H,3-5H2,2H3,(H2,7,8,9). The van der Waals surface area contributed by atoms with Crippen LogP contribution in [-0.2, 0) is 0 Å². The minimum absolute atomic E-state index is 0.150. The smallest absolute Gasteiger partial charge is 0.314 e. The molecule has 3 heteroatoms. The lowest BCUT2D eigenvalue weighted by molar-refractivity contribution is 0.243. The van der Waals surface area contributed by atoms with Gasteiger partial charge in [-0.05, 0) is 19.8 Å². The lowest BCUT2D eigenvalue weighted by atomic mass is 10.3. The van der Waals surface area contributed by atoms with E-state index in [1.54, 1.807) is 7.05 Å². The van der Waals surface area contributed by atoms with Crippen LogP contribution in [0, 0.1) is 6.92 Å². The number of carbonyl (C=O) groups excluding carboxylic acids is 1. The number of urea groups is 1. The van der Waals surface area contributed by atoms with Crippen LogP contribution in [0.15, 0.2) is 0 Å². The number of hydrogen-bond acceptors (Lipinski definition) is 1. The van der Waals surface area contributed by atoms with Gasteiger partial charge < -0.3 is 10.6 Å². The Hall–Kier alpha value is -0.730. The fraction of sp³-hybridized carbons (Fsp3) is 0.667. The van der Waals surface area contributed by atoms with Crippen molar-refractivity contribution in [3.05, 3.63) is 6.92 Å². The van der Waals surface area contributed by atoms with Gasteiger partial charge in [-0.2, -0.15) is 0 Å². The first-order valence-electron chi connectivity index (χ1n) is 2.97. The molecule has 0 saturated carbocycles. The van der Waals surface area contributed by atoms with E-state index in [2.05, 4.69) is 10.6 Å². The predicted molar refractivity (Wildman–Crippen MR) is 36.0 cm³/mol. The Bertz CT molecular complexity index is 83.1. The first-order chi connectivity index (χ1) is 4.31. The van der Waals surface area contributed by atoms with Crippen LogP contribution in [0.2, 0.25) is 0 Å². The molecule has 0 aliphatic heterocycles. The molecule has 2 N–H and O–H groups in total. The third kappa shape index (κ3) is 5.14. The summed E-state index contributed by atoms with van der Waals surface area (Å²) in [5, 5.41) is 5.04. The van der Waals surface area contributed by atoms with Gasteiger partial charge in [-0.15, -0.1) is 0 Å². The number of hydrogen-bond donors (Lipinski definition) is 2. The zero-order valence-electron chi connectivity index (χ0n) is 5.61. The molecule has 0 heterocycles. The van der Waals surface area contributed by atoms with Crippen molar-refractivity contribution >= 4 is 6.03 Å². The van der Waals surface area contributed by atoms with Crippen molar-refractivity contribution in [2.75, 3.05) is 13.6 Å². The normalized spacial score (nSPS) is 8.67. The van der Waals surface area contributed by atoms with Crippen molar-refractivity contribution in [3.8, 4) is 0 Å². The molecule has 3 nitrogen and oxygen atoms in total. The van der Waals surface area contributed by atoms with Gasteiger partial charge in [0.25, 0.3) is 0 Å². The molecule has 0 unspecified atom stereocenters. The van der Waals surface area contributed by atoms with Gasteiger partial charge in [-0.3, -0.25) is 0 Å². The summed E-state index contributed by atoms with van der Waals surface area (Å²) in [5.74, 6) is 0. The van der Waals surface area contributed by atoms with Gasteiger partial charge in [0.2, 0.25) is 0 Å². The molecule has 0 saturated heterocycles. The molecule has 0 atom stereocenters. The average Bonchev–Trinajstić information content (AvgIpc) is 1.89. The number of unbranched alkanes of at least 4 members (excludes halogenated alkanes) is 1. The summed E-state index contributed by atoms with van der Waals surface area (Å²) in [7, 11) is 1.58. The quantitative estimate of drug-likeness (QED) is 0.531. The van der Waals surface area contributed by atoms with Crippen LogP contribution in [0.3, 0.4) is 0 Å². The van der Waals surface area contributed by atoms with Crippen LogP contribution in [0.5, 0.6) is 0 Å². The Kier molecular flexibility index (Phi) is 4.97. The van der Waals surface area contributed by atoms with Crippen molar-refractivity contribution in [1.29, 1.82) is 0 Å². The third-order valence-corrected chi connectivity index (χ3v) is 0.894. The van der Waals surface area contributed by atoms with E-state index < -0.39 is 0 Å². The van der Waals surface area contributed by atoms with Crippen molar-refractivity contribution in [2.45, 2.75) is 12.8 Å². The summed E-state index contributed by atoms with van der Waals surface area (Å²) in [6, 6.07) is -0.150. The molecule has 2 radical (unpaired) electrons. The first-order valence-corrected chi connectivity index (χ1v) is 2.97. The van der Waals surface area contributed by atoms with Crippen LogP contribution < -0.4 is 10.6 Å². The highest BCUT2D eigenvalue weighted by atomic mass is 16.2. The molecule has 0 fully saturated rings. The molecule has 0 aromatic rings. The van der Waals surface area contributed by atoms with Crippen molar-refractivity contribution in [2.24, 2.45) is 0 Å². The van der Waals surface area contributed by atoms with E-state index in [1.807, 2.05) is 0 Å². The van der Waals surface area contributed by atoms with E-state index in [9.17, 15) is 4.79 Å². The number of rotatable bonds is 3. The minimum Gasteiger partial charge on any atom is -0.341 e. The van der Waals surface area contributed by atoms with Gasteiger partial charge in [-0.1, -0.05) is 0 Å². The van der Waals surface area contributed by atoms with Gasteiger partial charge >= 0.3 is 6.03 Å². The number of carbonyl (C=O) groups is 1. The summed E-state index contributed by atoms with van der Waals surface area (Å²) in [4.78, 5) is 10.4. The third-order valence-electron chi connectivity index (χ3n) is 0.894. The van der Waals surface area contributed by atoms with E-state index in [-0.39, 0.29) is 6.03 Å². The molecular weight excluding hydrogens is 116 g/mol. The summed E-state index contributed by atoms with van der Waals surface area (Å²) in [6.45, 7) is 5.83. The van der Waals surface area contributed by atoms with Crippen LogP contribution in [0.1, 0.15) is 12.8 Å². The highest BCUT2D eigenvalue weighted by molar-refractivity contribution is 5.73. The van der Waals surface area contributed by atoms with E-state index in [0.29, 0.717) is 13.0 Å². The van der Waals surface area contributed by atoms with E-state index in [0.717, 1.165) is 6.42 Å². The number of amides is 2. The van der Waals surface area contributed by atoms with Crippen molar-refractivity contribution in [3.63, 3.8) is 0 Å². The molecule has 52 valence electrons. The lowest BCUT2D eigenvalue weighted by Gasteiger charge is -2.00. The van der Waals surface area contributed by atoms with Crippen LogP contribution in [0.4, 0.5) is 4.79 Å². The second-order valence-electron chi connectivity index (χ2n) is 1.65. The maximum Gasteiger partial charge on any atom is 0.314 e. The summed E-state index contributed by atoms with van der Waals surface area (Å²) in [6.07, 6.45) is 1.44. The molecule has 0 aliphatic rings. The zero-order valence-corrected chi connectivity index (χ0v) is 5.61. The topological polar surface area (TPSA) is 41.1 Å². The highest BCUT2D eigenvalue weighted by Crippen LogP contribution is 1.80.